The standard InChI is InChI=1S/C23H31ClFN5O2/c1-23(2,3)19(22(32)28(4)5)27-21(31)18-17-13-29(6)10-7-11-30(17)20(26-18)15-12-14(24)8-9-16(15)25/h8-9,12,19H,7,10-11,13H2,1-6H3,(H,27,31)/t19-/m1/s1. The van der Waals surface area contributed by atoms with E-state index < -0.39 is 23.2 Å². The van der Waals surface area contributed by atoms with Crippen molar-refractivity contribution in [1.29, 1.82) is 0 Å². The van der Waals surface area contributed by atoms with Gasteiger partial charge in [0, 0.05) is 32.2 Å². The summed E-state index contributed by atoms with van der Waals surface area (Å²) in [6, 6.07) is 3.57. The Morgan fingerprint density at radius 1 is 1.25 bits per heavy atom. The van der Waals surface area contributed by atoms with Gasteiger partial charge >= 0.3 is 0 Å². The van der Waals surface area contributed by atoms with Gasteiger partial charge in [-0.1, -0.05) is 32.4 Å². The molecule has 1 aromatic heterocycles. The first-order chi connectivity index (χ1) is 14.9. The van der Waals surface area contributed by atoms with Crippen molar-refractivity contribution >= 4 is 23.4 Å². The van der Waals surface area contributed by atoms with Crippen LogP contribution in [0.5, 0.6) is 0 Å². The number of amides is 2. The topological polar surface area (TPSA) is 70.5 Å². The summed E-state index contributed by atoms with van der Waals surface area (Å²) >= 11 is 6.12. The van der Waals surface area contributed by atoms with Crippen LogP contribution in [0.15, 0.2) is 18.2 Å². The van der Waals surface area contributed by atoms with Gasteiger partial charge in [0.25, 0.3) is 5.91 Å². The van der Waals surface area contributed by atoms with E-state index in [1.54, 1.807) is 14.1 Å². The molecule has 0 unspecified atom stereocenters. The van der Waals surface area contributed by atoms with E-state index in [-0.39, 0.29) is 17.2 Å². The second-order valence-corrected chi connectivity index (χ2v) is 10.0. The number of carbonyl (C=O) groups excluding carboxylic acids is 2. The summed E-state index contributed by atoms with van der Waals surface area (Å²) in [6.45, 7) is 7.61. The molecule has 1 N–H and O–H groups in total. The average Bonchev–Trinajstić information content (AvgIpc) is 2.92. The van der Waals surface area contributed by atoms with E-state index in [2.05, 4.69) is 15.2 Å². The molecule has 7 nitrogen and oxygen atoms in total. The number of likely N-dealkylation sites (N-methyl/N-ethyl adjacent to an activating group) is 1. The number of rotatable bonds is 4. The molecule has 0 bridgehead atoms. The molecule has 9 heteroatoms. The van der Waals surface area contributed by atoms with Crippen molar-refractivity contribution in [2.24, 2.45) is 5.41 Å². The molecule has 0 saturated heterocycles. The lowest BCUT2D eigenvalue weighted by Crippen LogP contribution is -2.53. The first-order valence-corrected chi connectivity index (χ1v) is 11.0. The van der Waals surface area contributed by atoms with Gasteiger partial charge in [0.05, 0.1) is 11.3 Å². The molecule has 0 spiro atoms. The molecule has 1 aliphatic heterocycles. The van der Waals surface area contributed by atoms with E-state index in [1.165, 1.54) is 23.1 Å². The van der Waals surface area contributed by atoms with Gasteiger partial charge in [-0.25, -0.2) is 9.37 Å². The second-order valence-electron chi connectivity index (χ2n) is 9.60. The molecular formula is C23H31ClFN5O2. The number of benzene rings is 1. The molecule has 0 radical (unpaired) electrons. The van der Waals surface area contributed by atoms with E-state index in [0.717, 1.165) is 13.0 Å². The van der Waals surface area contributed by atoms with Gasteiger partial charge in [0.15, 0.2) is 5.69 Å². The normalized spacial score (nSPS) is 15.6. The summed E-state index contributed by atoms with van der Waals surface area (Å²) in [5.74, 6) is -0.740. The van der Waals surface area contributed by atoms with E-state index in [4.69, 9.17) is 11.6 Å². The summed E-state index contributed by atoms with van der Waals surface area (Å²) < 4.78 is 16.6. The fourth-order valence-corrected chi connectivity index (χ4v) is 4.06. The van der Waals surface area contributed by atoms with E-state index >= 15 is 0 Å². The summed E-state index contributed by atoms with van der Waals surface area (Å²) in [5.41, 5.74) is 0.640. The Labute approximate surface area is 193 Å². The number of hydrogen-bond acceptors (Lipinski definition) is 4. The predicted molar refractivity (Wildman–Crippen MR) is 123 cm³/mol. The third-order valence-corrected chi connectivity index (χ3v) is 5.86. The maximum absolute atomic E-state index is 14.7. The lowest BCUT2D eigenvalue weighted by atomic mass is 9.85. The molecule has 2 aromatic rings. The van der Waals surface area contributed by atoms with Crippen LogP contribution in [0.2, 0.25) is 5.02 Å². The van der Waals surface area contributed by atoms with Crippen molar-refractivity contribution in [1.82, 2.24) is 24.7 Å². The fraction of sp³-hybridized carbons (Fsp3) is 0.522. The maximum Gasteiger partial charge on any atom is 0.272 e. The van der Waals surface area contributed by atoms with Crippen LogP contribution in [0.4, 0.5) is 4.39 Å². The number of aromatic nitrogens is 2. The molecule has 32 heavy (non-hydrogen) atoms. The predicted octanol–water partition coefficient (Wildman–Crippen LogP) is 3.41. The highest BCUT2D eigenvalue weighted by molar-refractivity contribution is 6.30. The largest absolute Gasteiger partial charge is 0.347 e. The highest BCUT2D eigenvalue weighted by Crippen LogP contribution is 2.30. The minimum absolute atomic E-state index is 0.200. The van der Waals surface area contributed by atoms with Gasteiger partial charge in [-0.15, -0.1) is 0 Å². The Hall–Kier alpha value is -2.45. The molecule has 1 aliphatic rings. The summed E-state index contributed by atoms with van der Waals surface area (Å²) in [6.07, 6.45) is 0.833. The number of halogens is 2. The van der Waals surface area contributed by atoms with Crippen molar-refractivity contribution in [3.05, 3.63) is 40.4 Å². The zero-order valence-corrected chi connectivity index (χ0v) is 20.3. The summed E-state index contributed by atoms with van der Waals surface area (Å²) in [4.78, 5) is 34.3. The van der Waals surface area contributed by atoms with Crippen LogP contribution in [0, 0.1) is 11.2 Å². The highest BCUT2D eigenvalue weighted by Gasteiger charge is 2.36. The Morgan fingerprint density at radius 2 is 1.94 bits per heavy atom. The van der Waals surface area contributed by atoms with Gasteiger partial charge < -0.3 is 19.7 Å². The van der Waals surface area contributed by atoms with Crippen molar-refractivity contribution < 1.29 is 14.0 Å². The van der Waals surface area contributed by atoms with Gasteiger partial charge in [-0.2, -0.15) is 0 Å². The molecule has 3 rings (SSSR count). The first kappa shape index (κ1) is 24.2. The SMILES string of the molecule is CN1CCCn2c(-c3cc(Cl)ccc3F)nc(C(=O)N[C@H](C(=O)N(C)C)C(C)(C)C)c2C1. The van der Waals surface area contributed by atoms with Crippen LogP contribution < -0.4 is 5.32 Å². The number of hydrogen-bond donors (Lipinski definition) is 1. The minimum Gasteiger partial charge on any atom is -0.347 e. The Morgan fingerprint density at radius 3 is 2.56 bits per heavy atom. The van der Waals surface area contributed by atoms with E-state index in [1.807, 2.05) is 32.4 Å². The Kier molecular flexibility index (Phi) is 6.95. The monoisotopic (exact) mass is 463 g/mol. The number of carbonyl (C=O) groups is 2. The number of fused-ring (bicyclic) bond motifs is 1. The van der Waals surface area contributed by atoms with Crippen LogP contribution in [0.3, 0.4) is 0 Å². The quantitative estimate of drug-likeness (QED) is 0.754. The number of nitrogens with zero attached hydrogens (tertiary/aromatic N) is 4. The molecule has 2 heterocycles. The lowest BCUT2D eigenvalue weighted by Gasteiger charge is -2.32. The smallest absolute Gasteiger partial charge is 0.272 e. The zero-order chi connectivity index (χ0) is 23.8. The van der Waals surface area contributed by atoms with Crippen LogP contribution in [0.25, 0.3) is 11.4 Å². The molecule has 0 saturated carbocycles. The number of nitrogens with one attached hydrogen (secondary N) is 1. The Balaban J connectivity index is 2.10. The van der Waals surface area contributed by atoms with Crippen molar-refractivity contribution in [2.45, 2.75) is 46.3 Å². The lowest BCUT2D eigenvalue weighted by molar-refractivity contribution is -0.133. The highest BCUT2D eigenvalue weighted by atomic mass is 35.5. The summed E-state index contributed by atoms with van der Waals surface area (Å²) in [7, 11) is 5.28. The van der Waals surface area contributed by atoms with E-state index in [0.29, 0.717) is 29.6 Å². The molecule has 0 aliphatic carbocycles. The van der Waals surface area contributed by atoms with Gasteiger partial charge in [0.2, 0.25) is 5.91 Å². The zero-order valence-electron chi connectivity index (χ0n) is 19.5. The van der Waals surface area contributed by atoms with Crippen LogP contribution in [0.1, 0.15) is 43.4 Å². The molecule has 1 aromatic carbocycles. The first-order valence-electron chi connectivity index (χ1n) is 10.7. The van der Waals surface area contributed by atoms with Gasteiger partial charge in [-0.05, 0) is 43.6 Å². The number of imidazole rings is 1. The maximum atomic E-state index is 14.7. The third kappa shape index (κ3) is 4.96. The molecule has 174 valence electrons. The van der Waals surface area contributed by atoms with Crippen molar-refractivity contribution in [2.75, 3.05) is 27.7 Å². The average molecular weight is 464 g/mol. The van der Waals surface area contributed by atoms with E-state index in [9.17, 15) is 14.0 Å². The van der Waals surface area contributed by atoms with Crippen LogP contribution in [-0.2, 0) is 17.9 Å². The second kappa shape index (κ2) is 9.19. The molecule has 1 atom stereocenters. The Bertz CT molecular complexity index is 1030. The van der Waals surface area contributed by atoms with Crippen LogP contribution in [-0.4, -0.2) is 64.9 Å². The summed E-state index contributed by atoms with van der Waals surface area (Å²) in [5, 5.41) is 3.27. The van der Waals surface area contributed by atoms with Gasteiger partial charge in [-0.3, -0.25) is 9.59 Å². The molecule has 0 fully saturated rings. The van der Waals surface area contributed by atoms with Gasteiger partial charge in [0.1, 0.15) is 17.7 Å². The molecular weight excluding hydrogens is 433 g/mol. The fourth-order valence-electron chi connectivity index (χ4n) is 3.88. The third-order valence-electron chi connectivity index (χ3n) is 5.63. The van der Waals surface area contributed by atoms with Crippen molar-refractivity contribution in [3.8, 4) is 11.4 Å². The van der Waals surface area contributed by atoms with Crippen LogP contribution >= 0.6 is 11.6 Å². The molecule has 2 amide bonds. The van der Waals surface area contributed by atoms with Crippen molar-refractivity contribution in [3.63, 3.8) is 0 Å². The minimum atomic E-state index is -0.739.